The van der Waals surface area contributed by atoms with E-state index in [1.54, 1.807) is 0 Å². The number of rotatable bonds is 0. The van der Waals surface area contributed by atoms with Gasteiger partial charge < -0.3 is 9.47 Å². The molecular weight excluding hydrogens is 260 g/mol. The molecule has 0 saturated heterocycles. The molecular formula is C19H16O2. The highest BCUT2D eigenvalue weighted by Crippen LogP contribution is 2.47. The van der Waals surface area contributed by atoms with Crippen LogP contribution in [0.5, 0.6) is 0 Å². The third kappa shape index (κ3) is 1.72. The molecule has 2 aliphatic carbocycles. The van der Waals surface area contributed by atoms with E-state index in [0.29, 0.717) is 0 Å². The Morgan fingerprint density at radius 1 is 0.810 bits per heavy atom. The van der Waals surface area contributed by atoms with Crippen molar-refractivity contribution in [3.8, 4) is 0 Å². The monoisotopic (exact) mass is 276 g/mol. The molecule has 0 amide bonds. The average molecular weight is 276 g/mol. The summed E-state index contributed by atoms with van der Waals surface area (Å²) in [4.78, 5) is 0. The summed E-state index contributed by atoms with van der Waals surface area (Å²) in [7, 11) is 0. The first-order valence-corrected chi connectivity index (χ1v) is 7.11. The van der Waals surface area contributed by atoms with Crippen LogP contribution in [0.3, 0.4) is 0 Å². The Kier molecular flexibility index (Phi) is 2.49. The highest BCUT2D eigenvalue weighted by atomic mass is 16.7. The molecule has 0 unspecified atom stereocenters. The summed E-state index contributed by atoms with van der Waals surface area (Å²) in [6.45, 7) is 8.31. The lowest BCUT2D eigenvalue weighted by molar-refractivity contribution is -0.132. The van der Waals surface area contributed by atoms with Gasteiger partial charge in [0.1, 0.15) is 11.5 Å². The number of allylic oxidation sites excluding steroid dienone is 8. The molecule has 0 aromatic carbocycles. The fourth-order valence-electron chi connectivity index (χ4n) is 2.98. The average Bonchev–Trinajstić information content (AvgIpc) is 2.49. The second-order valence-corrected chi connectivity index (χ2v) is 5.54. The minimum Gasteiger partial charge on any atom is -0.444 e. The van der Waals surface area contributed by atoms with Crippen molar-refractivity contribution in [3.05, 3.63) is 95.6 Å². The normalized spacial score (nSPS) is 25.0. The summed E-state index contributed by atoms with van der Waals surface area (Å²) < 4.78 is 12.4. The SMILES string of the molecule is C=C1C=C2CC=CC=C2OC12OC1=CC=CCC1=CC2=C. The summed E-state index contributed by atoms with van der Waals surface area (Å²) in [5, 5.41) is 0. The molecule has 0 N–H and O–H groups in total. The molecule has 104 valence electrons. The Morgan fingerprint density at radius 3 is 1.76 bits per heavy atom. The van der Waals surface area contributed by atoms with Crippen LogP contribution in [0.1, 0.15) is 12.8 Å². The predicted octanol–water partition coefficient (Wildman–Crippen LogP) is 4.40. The van der Waals surface area contributed by atoms with Crippen LogP contribution in [0.15, 0.2) is 95.6 Å². The van der Waals surface area contributed by atoms with Crippen molar-refractivity contribution < 1.29 is 9.47 Å². The van der Waals surface area contributed by atoms with Crippen molar-refractivity contribution in [1.29, 1.82) is 0 Å². The van der Waals surface area contributed by atoms with Gasteiger partial charge in [-0.2, -0.15) is 0 Å². The van der Waals surface area contributed by atoms with Crippen molar-refractivity contribution in [2.75, 3.05) is 0 Å². The number of hydrogen-bond acceptors (Lipinski definition) is 2. The smallest absolute Gasteiger partial charge is 0.304 e. The van der Waals surface area contributed by atoms with Crippen LogP contribution < -0.4 is 0 Å². The Bertz CT molecular complexity index is 672. The zero-order chi connectivity index (χ0) is 14.4. The van der Waals surface area contributed by atoms with Crippen molar-refractivity contribution in [3.63, 3.8) is 0 Å². The van der Waals surface area contributed by atoms with E-state index in [0.717, 1.165) is 46.7 Å². The maximum atomic E-state index is 6.20. The van der Waals surface area contributed by atoms with Crippen LogP contribution in [0, 0.1) is 0 Å². The molecule has 2 heteroatoms. The zero-order valence-corrected chi connectivity index (χ0v) is 11.8. The topological polar surface area (TPSA) is 18.5 Å². The minimum absolute atomic E-state index is 0.792. The third-order valence-corrected chi connectivity index (χ3v) is 4.13. The van der Waals surface area contributed by atoms with Crippen molar-refractivity contribution in [2.24, 2.45) is 0 Å². The number of fused-ring (bicyclic) bond motifs is 2. The molecule has 2 nitrogen and oxygen atoms in total. The summed E-state index contributed by atoms with van der Waals surface area (Å²) >= 11 is 0. The number of ether oxygens (including phenoxy) is 2. The van der Waals surface area contributed by atoms with Crippen LogP contribution >= 0.6 is 0 Å². The number of hydrogen-bond donors (Lipinski definition) is 0. The molecule has 0 saturated carbocycles. The van der Waals surface area contributed by atoms with Crippen LogP contribution in [-0.4, -0.2) is 5.79 Å². The molecule has 0 fully saturated rings. The maximum Gasteiger partial charge on any atom is 0.304 e. The highest BCUT2D eigenvalue weighted by molar-refractivity contribution is 5.55. The summed E-state index contributed by atoms with van der Waals surface area (Å²) in [6.07, 6.45) is 18.0. The molecule has 2 aliphatic heterocycles. The summed E-state index contributed by atoms with van der Waals surface area (Å²) in [6, 6.07) is 0. The lowest BCUT2D eigenvalue weighted by Crippen LogP contribution is -2.43. The van der Waals surface area contributed by atoms with E-state index in [4.69, 9.17) is 9.47 Å². The molecule has 21 heavy (non-hydrogen) atoms. The molecule has 0 aromatic rings. The maximum absolute atomic E-state index is 6.20. The van der Waals surface area contributed by atoms with E-state index in [-0.39, 0.29) is 0 Å². The van der Waals surface area contributed by atoms with E-state index in [2.05, 4.69) is 37.5 Å². The van der Waals surface area contributed by atoms with Crippen molar-refractivity contribution >= 4 is 0 Å². The van der Waals surface area contributed by atoms with E-state index in [9.17, 15) is 0 Å². The highest BCUT2D eigenvalue weighted by Gasteiger charge is 2.47. The minimum atomic E-state index is -0.999. The van der Waals surface area contributed by atoms with Gasteiger partial charge in [0.2, 0.25) is 0 Å². The largest absolute Gasteiger partial charge is 0.444 e. The molecule has 4 rings (SSSR count). The standard InChI is InChI=1S/C19H16O2/c1-13-11-15-7-3-5-9-17(15)20-19(13)14(2)12-16-8-4-6-10-18(16)21-19/h3-6,9-12H,1-2,7-8H2. The van der Waals surface area contributed by atoms with Gasteiger partial charge in [0.15, 0.2) is 0 Å². The summed E-state index contributed by atoms with van der Waals surface area (Å²) in [5.74, 6) is 0.686. The van der Waals surface area contributed by atoms with Crippen molar-refractivity contribution in [1.82, 2.24) is 0 Å². The third-order valence-electron chi connectivity index (χ3n) is 4.13. The lowest BCUT2D eigenvalue weighted by atomic mass is 9.87. The first kappa shape index (κ1) is 12.3. The van der Waals surface area contributed by atoms with Gasteiger partial charge in [0.05, 0.1) is 0 Å². The predicted molar refractivity (Wildman–Crippen MR) is 83.0 cm³/mol. The van der Waals surface area contributed by atoms with Gasteiger partial charge in [0, 0.05) is 11.1 Å². The van der Waals surface area contributed by atoms with Gasteiger partial charge in [-0.1, -0.05) is 37.5 Å². The van der Waals surface area contributed by atoms with E-state index in [1.807, 2.05) is 24.3 Å². The van der Waals surface area contributed by atoms with E-state index in [1.165, 1.54) is 0 Å². The molecule has 1 spiro atoms. The fourth-order valence-corrected chi connectivity index (χ4v) is 2.98. The van der Waals surface area contributed by atoms with Crippen LogP contribution in [0.4, 0.5) is 0 Å². The van der Waals surface area contributed by atoms with Gasteiger partial charge in [0.25, 0.3) is 0 Å². The first-order chi connectivity index (χ1) is 10.2. The second kappa shape index (κ2) is 4.26. The van der Waals surface area contributed by atoms with Gasteiger partial charge >= 0.3 is 5.79 Å². The fraction of sp³-hybridized carbons (Fsp3) is 0.158. The quantitative estimate of drug-likeness (QED) is 0.653. The summed E-state index contributed by atoms with van der Waals surface area (Å²) in [5.41, 5.74) is 3.86. The van der Waals surface area contributed by atoms with E-state index < -0.39 is 5.79 Å². The first-order valence-electron chi connectivity index (χ1n) is 7.11. The Balaban J connectivity index is 1.81. The molecule has 0 radical (unpaired) electrons. The van der Waals surface area contributed by atoms with Crippen LogP contribution in [0.2, 0.25) is 0 Å². The Hall–Kier alpha value is -2.48. The lowest BCUT2D eigenvalue weighted by Gasteiger charge is -2.43. The van der Waals surface area contributed by atoms with Gasteiger partial charge in [-0.3, -0.25) is 0 Å². The molecule has 0 bridgehead atoms. The van der Waals surface area contributed by atoms with Crippen LogP contribution in [0.25, 0.3) is 0 Å². The molecule has 2 heterocycles. The van der Waals surface area contributed by atoms with Gasteiger partial charge in [-0.05, 0) is 48.3 Å². The van der Waals surface area contributed by atoms with Crippen molar-refractivity contribution in [2.45, 2.75) is 18.6 Å². The molecule has 0 atom stereocenters. The van der Waals surface area contributed by atoms with Gasteiger partial charge in [-0.25, -0.2) is 0 Å². The molecule has 4 aliphatic rings. The zero-order valence-electron chi connectivity index (χ0n) is 11.8. The van der Waals surface area contributed by atoms with Gasteiger partial charge in [-0.15, -0.1) is 0 Å². The second-order valence-electron chi connectivity index (χ2n) is 5.54. The Morgan fingerprint density at radius 2 is 1.29 bits per heavy atom. The van der Waals surface area contributed by atoms with E-state index >= 15 is 0 Å². The Labute approximate surface area is 124 Å². The molecule has 0 aromatic heterocycles. The van der Waals surface area contributed by atoms with Crippen LogP contribution in [-0.2, 0) is 9.47 Å².